The largest absolute Gasteiger partial charge is 0.494 e. The summed E-state index contributed by atoms with van der Waals surface area (Å²) < 4.78 is 19.7. The van der Waals surface area contributed by atoms with Gasteiger partial charge >= 0.3 is 0 Å². The molecular formula is C26H33ClFN5O4. The fourth-order valence-electron chi connectivity index (χ4n) is 4.67. The van der Waals surface area contributed by atoms with Gasteiger partial charge in [0, 0.05) is 16.8 Å². The van der Waals surface area contributed by atoms with Crippen LogP contribution >= 0.6 is 11.6 Å². The smallest absolute Gasteiger partial charge is 0.268 e. The number of halogens is 2. The Morgan fingerprint density at radius 3 is 2.54 bits per heavy atom. The number of rotatable bonds is 8. The fourth-order valence-corrected chi connectivity index (χ4v) is 4.95. The Morgan fingerprint density at radius 1 is 1.32 bits per heavy atom. The number of amides is 3. The maximum atomic E-state index is 14.5. The first kappa shape index (κ1) is 28.3. The number of ether oxygens (including phenoxy) is 1. The molecular weight excluding hydrogens is 501 g/mol. The lowest BCUT2D eigenvalue weighted by Gasteiger charge is -2.27. The minimum absolute atomic E-state index is 0.0165. The molecule has 2 aromatic rings. The highest BCUT2D eigenvalue weighted by Gasteiger charge is 2.39. The quantitative estimate of drug-likeness (QED) is 0.409. The van der Waals surface area contributed by atoms with Crippen LogP contribution in [0.3, 0.4) is 0 Å². The van der Waals surface area contributed by atoms with Gasteiger partial charge in [0.05, 0.1) is 23.7 Å². The lowest BCUT2D eigenvalue weighted by Crippen LogP contribution is -2.51. The van der Waals surface area contributed by atoms with Crippen molar-refractivity contribution in [2.45, 2.75) is 71.5 Å². The van der Waals surface area contributed by atoms with Crippen LogP contribution in [-0.2, 0) is 9.59 Å². The van der Waals surface area contributed by atoms with Crippen LogP contribution in [0.1, 0.15) is 64.4 Å². The van der Waals surface area contributed by atoms with Crippen LogP contribution in [-0.4, -0.2) is 47.4 Å². The molecule has 200 valence electrons. The molecule has 37 heavy (non-hydrogen) atoms. The van der Waals surface area contributed by atoms with Crippen LogP contribution in [0.4, 0.5) is 4.39 Å². The third kappa shape index (κ3) is 6.72. The summed E-state index contributed by atoms with van der Waals surface area (Å²) in [7, 11) is 1.39. The first-order valence-electron chi connectivity index (χ1n) is 12.0. The molecule has 9 nitrogen and oxygen atoms in total. The lowest BCUT2D eigenvalue weighted by molar-refractivity contribution is -0.125. The summed E-state index contributed by atoms with van der Waals surface area (Å²) in [5.74, 6) is -2.17. The number of aromatic nitrogens is 1. The van der Waals surface area contributed by atoms with Gasteiger partial charge < -0.3 is 25.7 Å². The van der Waals surface area contributed by atoms with Crippen molar-refractivity contribution < 1.29 is 23.5 Å². The van der Waals surface area contributed by atoms with Gasteiger partial charge in [0.1, 0.15) is 29.3 Å². The Morgan fingerprint density at radius 2 is 2.00 bits per heavy atom. The number of H-pyrrole nitrogens is 1. The lowest BCUT2D eigenvalue weighted by atomic mass is 9.87. The maximum absolute atomic E-state index is 14.5. The van der Waals surface area contributed by atoms with Crippen LogP contribution in [0, 0.1) is 28.5 Å². The molecule has 0 saturated carbocycles. The van der Waals surface area contributed by atoms with Crippen molar-refractivity contribution >= 4 is 40.2 Å². The highest BCUT2D eigenvalue weighted by Crippen LogP contribution is 2.35. The average molecular weight is 534 g/mol. The van der Waals surface area contributed by atoms with E-state index in [0.717, 1.165) is 6.07 Å². The zero-order chi connectivity index (χ0) is 27.7. The van der Waals surface area contributed by atoms with Gasteiger partial charge in [-0.2, -0.15) is 5.26 Å². The Bertz CT molecular complexity index is 1260. The maximum Gasteiger partial charge on any atom is 0.268 e. The molecule has 11 heteroatoms. The number of methoxy groups -OCH3 is 1. The van der Waals surface area contributed by atoms with Gasteiger partial charge in [0.25, 0.3) is 5.91 Å². The summed E-state index contributed by atoms with van der Waals surface area (Å²) in [5.41, 5.74) is -0.662. The summed E-state index contributed by atoms with van der Waals surface area (Å²) in [6.07, 6.45) is 0.978. The number of nitrogens with one attached hydrogen (secondary N) is 4. The fraction of sp³-hybridized carbons (Fsp3) is 0.538. The minimum atomic E-state index is -0.987. The van der Waals surface area contributed by atoms with E-state index >= 15 is 0 Å². The third-order valence-corrected chi connectivity index (χ3v) is 6.52. The predicted octanol–water partition coefficient (Wildman–Crippen LogP) is 3.82. The van der Waals surface area contributed by atoms with Gasteiger partial charge in [-0.25, -0.2) is 4.39 Å². The number of hydrogen-bond acceptors (Lipinski definition) is 5. The third-order valence-electron chi connectivity index (χ3n) is 6.24. The van der Waals surface area contributed by atoms with Gasteiger partial charge in [-0.3, -0.25) is 14.4 Å². The van der Waals surface area contributed by atoms with Gasteiger partial charge in [0.2, 0.25) is 11.8 Å². The number of nitrogens with zero attached hydrogens (tertiary/aromatic N) is 1. The van der Waals surface area contributed by atoms with Crippen molar-refractivity contribution in [1.29, 1.82) is 5.26 Å². The zero-order valence-electron chi connectivity index (χ0n) is 21.8. The molecule has 0 spiro atoms. The first-order chi connectivity index (χ1) is 17.1. The number of hydrogen-bond donors (Lipinski definition) is 4. The first-order valence-corrected chi connectivity index (χ1v) is 12.4. The number of aromatic amines is 1. The Hall–Kier alpha value is -3.32. The molecule has 3 rings (SSSR count). The predicted molar refractivity (Wildman–Crippen MR) is 138 cm³/mol. The molecule has 1 aromatic carbocycles. The van der Waals surface area contributed by atoms with E-state index in [-0.39, 0.29) is 57.1 Å². The molecule has 4 N–H and O–H groups in total. The van der Waals surface area contributed by atoms with Crippen molar-refractivity contribution in [3.05, 3.63) is 28.7 Å². The average Bonchev–Trinajstić information content (AvgIpc) is 3.32. The molecule has 0 aliphatic carbocycles. The molecule has 3 atom stereocenters. The standard InChI is InChI=1S/C26H33ClFN5O4/c1-25(2,3)11-19(24(36)30-14(12-29)7-13-10-26(4,5)33-22(13)34)32-23(35)18-8-15-20(31-18)17(28)9-16(27)21(15)37-6/h8-9,13-14,19,31H,7,10-11H2,1-6H3,(H,30,36)(H,32,35)(H,33,34)/t13-,14+,19+/m1/s1. The van der Waals surface area contributed by atoms with Gasteiger partial charge in [-0.05, 0) is 50.7 Å². The van der Waals surface area contributed by atoms with E-state index in [9.17, 15) is 24.0 Å². The molecule has 1 fully saturated rings. The number of benzene rings is 1. The normalized spacial score (nSPS) is 18.6. The number of fused-ring (bicyclic) bond motifs is 1. The van der Waals surface area contributed by atoms with E-state index < -0.39 is 35.6 Å². The van der Waals surface area contributed by atoms with Gasteiger partial charge in [-0.15, -0.1) is 0 Å². The molecule has 1 aromatic heterocycles. The summed E-state index contributed by atoms with van der Waals surface area (Å²) >= 11 is 6.06. The second kappa shape index (κ2) is 10.6. The zero-order valence-corrected chi connectivity index (χ0v) is 22.6. The van der Waals surface area contributed by atoms with Crippen molar-refractivity contribution in [3.8, 4) is 11.8 Å². The minimum Gasteiger partial charge on any atom is -0.494 e. The van der Waals surface area contributed by atoms with Crippen LogP contribution < -0.4 is 20.7 Å². The summed E-state index contributed by atoms with van der Waals surface area (Å²) in [5, 5.41) is 18.3. The summed E-state index contributed by atoms with van der Waals surface area (Å²) in [6, 6.07) is 2.65. The van der Waals surface area contributed by atoms with Crippen molar-refractivity contribution in [2.24, 2.45) is 11.3 Å². The monoisotopic (exact) mass is 533 g/mol. The molecule has 1 aliphatic rings. The van der Waals surface area contributed by atoms with E-state index in [1.54, 1.807) is 0 Å². The van der Waals surface area contributed by atoms with Crippen molar-refractivity contribution in [3.63, 3.8) is 0 Å². The molecule has 0 radical (unpaired) electrons. The summed E-state index contributed by atoms with van der Waals surface area (Å²) in [6.45, 7) is 9.55. The molecule has 1 aliphatic heterocycles. The molecule has 1 saturated heterocycles. The highest BCUT2D eigenvalue weighted by molar-refractivity contribution is 6.33. The Balaban J connectivity index is 1.79. The van der Waals surface area contributed by atoms with E-state index in [2.05, 4.69) is 27.0 Å². The topological polar surface area (TPSA) is 136 Å². The second-order valence-electron chi connectivity index (χ2n) is 11.3. The van der Waals surface area contributed by atoms with Gasteiger partial charge in [0.15, 0.2) is 0 Å². The van der Waals surface area contributed by atoms with Crippen molar-refractivity contribution in [2.75, 3.05) is 7.11 Å². The molecule has 0 bridgehead atoms. The molecule has 0 unspecified atom stereocenters. The van der Waals surface area contributed by atoms with E-state index in [1.807, 2.05) is 34.6 Å². The van der Waals surface area contributed by atoms with Crippen LogP contribution in [0.5, 0.6) is 5.75 Å². The number of carbonyl (C=O) groups is 3. The highest BCUT2D eigenvalue weighted by atomic mass is 35.5. The van der Waals surface area contributed by atoms with Crippen LogP contribution in [0.2, 0.25) is 5.02 Å². The second-order valence-corrected chi connectivity index (χ2v) is 11.7. The molecule has 2 heterocycles. The van der Waals surface area contributed by atoms with Crippen molar-refractivity contribution in [1.82, 2.24) is 20.9 Å². The Labute approximate surface area is 220 Å². The Kier molecular flexibility index (Phi) is 8.08. The van der Waals surface area contributed by atoms with Gasteiger partial charge in [-0.1, -0.05) is 32.4 Å². The number of carbonyl (C=O) groups excluding carboxylic acids is 3. The molecule has 3 amide bonds. The van der Waals surface area contributed by atoms with E-state index in [1.165, 1.54) is 13.2 Å². The van der Waals surface area contributed by atoms with Crippen LogP contribution in [0.25, 0.3) is 10.9 Å². The van der Waals surface area contributed by atoms with E-state index in [0.29, 0.717) is 6.42 Å². The van der Waals surface area contributed by atoms with E-state index in [4.69, 9.17) is 16.3 Å². The summed E-state index contributed by atoms with van der Waals surface area (Å²) in [4.78, 5) is 41.4. The van der Waals surface area contributed by atoms with Crippen LogP contribution in [0.15, 0.2) is 12.1 Å². The number of nitriles is 1. The SMILES string of the molecule is COc1c(Cl)cc(F)c2[nH]c(C(=O)N[C@@H](CC(C)(C)C)C(=O)N[C@H](C#N)C[C@@H]3CC(C)(C)NC3=O)cc12.